The largest absolute Gasteiger partial charge is 0.398 e. The van der Waals surface area contributed by atoms with Crippen LogP contribution in [-0.4, -0.2) is 24.0 Å². The van der Waals surface area contributed by atoms with Gasteiger partial charge >= 0.3 is 0 Å². The Balaban J connectivity index is 2.09. The van der Waals surface area contributed by atoms with Gasteiger partial charge in [0.05, 0.1) is 0 Å². The number of fused-ring (bicyclic) bond motifs is 1. The van der Waals surface area contributed by atoms with E-state index in [1.54, 1.807) is 12.4 Å². The number of nitrogens with two attached hydrogens (primary N) is 1. The van der Waals surface area contributed by atoms with Gasteiger partial charge in [0.1, 0.15) is 0 Å². The molecule has 0 saturated heterocycles. The molecule has 1 amide bonds. The second-order valence-corrected chi connectivity index (χ2v) is 4.25. The first kappa shape index (κ1) is 13.1. The monoisotopic (exact) mass is 258 g/mol. The summed E-state index contributed by atoms with van der Waals surface area (Å²) in [5.74, 6) is 0.0490. The highest BCUT2D eigenvalue weighted by molar-refractivity contribution is 6.00. The number of hydrogen-bond acceptors (Lipinski definition) is 4. The lowest BCUT2D eigenvalue weighted by atomic mass is 10.1. The average Bonchev–Trinajstić information content (AvgIpc) is 2.42. The molecule has 19 heavy (non-hydrogen) atoms. The van der Waals surface area contributed by atoms with E-state index in [4.69, 9.17) is 5.73 Å². The molecule has 2 rings (SSSR count). The molecule has 0 aliphatic rings. The number of carbonyl (C=O) groups excluding carboxylic acids is 1. The zero-order chi connectivity index (χ0) is 13.7. The lowest BCUT2D eigenvalue weighted by Crippen LogP contribution is -2.24. The van der Waals surface area contributed by atoms with Gasteiger partial charge in [0.25, 0.3) is 0 Å². The highest BCUT2D eigenvalue weighted by Crippen LogP contribution is 2.27. The number of nitrogens with one attached hydrogen (secondary N) is 2. The summed E-state index contributed by atoms with van der Waals surface area (Å²) in [5.41, 5.74) is 7.60. The van der Waals surface area contributed by atoms with Crippen molar-refractivity contribution in [2.45, 2.75) is 13.3 Å². The van der Waals surface area contributed by atoms with Gasteiger partial charge in [0.15, 0.2) is 0 Å². The lowest BCUT2D eigenvalue weighted by Gasteiger charge is -2.10. The lowest BCUT2D eigenvalue weighted by molar-refractivity contribution is -0.120. The van der Waals surface area contributed by atoms with E-state index in [9.17, 15) is 4.79 Å². The van der Waals surface area contributed by atoms with Crippen LogP contribution in [0.25, 0.3) is 10.8 Å². The predicted octanol–water partition coefficient (Wildman–Crippen LogP) is 1.76. The number of hydrogen-bond donors (Lipinski definition) is 3. The van der Waals surface area contributed by atoms with Gasteiger partial charge in [-0.2, -0.15) is 0 Å². The van der Waals surface area contributed by atoms with Crippen LogP contribution in [0.1, 0.15) is 13.3 Å². The Morgan fingerprint density at radius 1 is 1.32 bits per heavy atom. The molecule has 0 fully saturated rings. The topological polar surface area (TPSA) is 80.0 Å². The van der Waals surface area contributed by atoms with Gasteiger partial charge in [-0.1, -0.05) is 0 Å². The summed E-state index contributed by atoms with van der Waals surface area (Å²) in [7, 11) is 0. The van der Waals surface area contributed by atoms with Crippen molar-refractivity contribution in [1.82, 2.24) is 10.3 Å². The van der Waals surface area contributed by atoms with Crippen molar-refractivity contribution in [3.8, 4) is 0 Å². The van der Waals surface area contributed by atoms with Crippen molar-refractivity contribution in [1.29, 1.82) is 0 Å². The first-order valence-electron chi connectivity index (χ1n) is 6.35. The van der Waals surface area contributed by atoms with E-state index >= 15 is 0 Å². The van der Waals surface area contributed by atoms with Gasteiger partial charge < -0.3 is 16.4 Å². The summed E-state index contributed by atoms with van der Waals surface area (Å²) in [6, 6.07) is 5.66. The predicted molar refractivity (Wildman–Crippen MR) is 77.9 cm³/mol. The first-order chi connectivity index (χ1) is 9.22. The maximum atomic E-state index is 11.4. The van der Waals surface area contributed by atoms with E-state index in [0.717, 1.165) is 22.1 Å². The van der Waals surface area contributed by atoms with Gasteiger partial charge in [-0.05, 0) is 25.1 Å². The molecular formula is C14H18N4O. The van der Waals surface area contributed by atoms with Gasteiger partial charge in [-0.25, -0.2) is 0 Å². The summed E-state index contributed by atoms with van der Waals surface area (Å²) in [5, 5.41) is 7.96. The summed E-state index contributed by atoms with van der Waals surface area (Å²) >= 11 is 0. The Morgan fingerprint density at radius 2 is 2.16 bits per heavy atom. The highest BCUT2D eigenvalue weighted by Gasteiger charge is 2.04. The zero-order valence-corrected chi connectivity index (χ0v) is 10.9. The van der Waals surface area contributed by atoms with Crippen LogP contribution in [0.4, 0.5) is 11.4 Å². The molecule has 1 aromatic carbocycles. The molecule has 5 heteroatoms. The molecule has 1 aromatic heterocycles. The normalized spacial score (nSPS) is 10.4. The Morgan fingerprint density at radius 3 is 2.95 bits per heavy atom. The molecule has 1 heterocycles. The number of pyridine rings is 1. The van der Waals surface area contributed by atoms with Crippen LogP contribution in [0, 0.1) is 0 Å². The smallest absolute Gasteiger partial charge is 0.221 e. The quantitative estimate of drug-likeness (QED) is 0.714. The Hall–Kier alpha value is -2.30. The summed E-state index contributed by atoms with van der Waals surface area (Å²) in [6.07, 6.45) is 3.94. The Bertz CT molecular complexity index is 583. The van der Waals surface area contributed by atoms with Gasteiger partial charge in [-0.15, -0.1) is 0 Å². The second-order valence-electron chi connectivity index (χ2n) is 4.25. The van der Waals surface area contributed by atoms with Crippen LogP contribution in [0.5, 0.6) is 0 Å². The van der Waals surface area contributed by atoms with Crippen LogP contribution in [-0.2, 0) is 4.79 Å². The van der Waals surface area contributed by atoms with E-state index in [2.05, 4.69) is 15.6 Å². The van der Waals surface area contributed by atoms with Crippen molar-refractivity contribution in [2.75, 3.05) is 24.1 Å². The third-order valence-corrected chi connectivity index (χ3v) is 2.89. The molecule has 2 aromatic rings. The average molecular weight is 258 g/mol. The van der Waals surface area contributed by atoms with E-state index in [1.807, 2.05) is 25.1 Å². The number of benzene rings is 1. The SMILES string of the molecule is CCNC(=O)CCNc1ccc(N)c2ccncc12. The van der Waals surface area contributed by atoms with Crippen LogP contribution < -0.4 is 16.4 Å². The number of amides is 1. The fourth-order valence-electron chi connectivity index (χ4n) is 1.96. The van der Waals surface area contributed by atoms with Gasteiger partial charge in [-0.3, -0.25) is 9.78 Å². The minimum atomic E-state index is 0.0490. The number of rotatable bonds is 5. The minimum absolute atomic E-state index is 0.0490. The summed E-state index contributed by atoms with van der Waals surface area (Å²) in [6.45, 7) is 3.15. The number of aromatic nitrogens is 1. The van der Waals surface area contributed by atoms with E-state index < -0.39 is 0 Å². The molecule has 0 aliphatic carbocycles. The van der Waals surface area contributed by atoms with Crippen LogP contribution in [0.15, 0.2) is 30.6 Å². The minimum Gasteiger partial charge on any atom is -0.398 e. The number of carbonyl (C=O) groups is 1. The van der Waals surface area contributed by atoms with E-state index in [-0.39, 0.29) is 5.91 Å². The standard InChI is InChI=1S/C14H18N4O/c1-2-17-14(19)6-8-18-13-4-3-12(15)10-5-7-16-9-11(10)13/h3-5,7,9,18H,2,6,8,15H2,1H3,(H,17,19). The molecule has 0 spiro atoms. The molecule has 5 nitrogen and oxygen atoms in total. The first-order valence-corrected chi connectivity index (χ1v) is 6.35. The second kappa shape index (κ2) is 6.04. The molecule has 100 valence electrons. The van der Waals surface area contributed by atoms with E-state index in [0.29, 0.717) is 19.5 Å². The number of nitrogen functional groups attached to an aromatic ring is 1. The van der Waals surface area contributed by atoms with Gasteiger partial charge in [0.2, 0.25) is 5.91 Å². The maximum Gasteiger partial charge on any atom is 0.221 e. The molecule has 0 aliphatic heterocycles. The molecule has 4 N–H and O–H groups in total. The van der Waals surface area contributed by atoms with Crippen molar-refractivity contribution in [2.24, 2.45) is 0 Å². The summed E-state index contributed by atoms with van der Waals surface area (Å²) in [4.78, 5) is 15.5. The Kier molecular flexibility index (Phi) is 4.18. The third kappa shape index (κ3) is 3.13. The number of nitrogens with zero attached hydrogens (tertiary/aromatic N) is 1. The van der Waals surface area contributed by atoms with Crippen LogP contribution in [0.3, 0.4) is 0 Å². The Labute approximate surface area is 112 Å². The van der Waals surface area contributed by atoms with Crippen LogP contribution in [0.2, 0.25) is 0 Å². The maximum absolute atomic E-state index is 11.4. The fourth-order valence-corrected chi connectivity index (χ4v) is 1.96. The zero-order valence-electron chi connectivity index (χ0n) is 10.9. The van der Waals surface area contributed by atoms with Crippen LogP contribution >= 0.6 is 0 Å². The van der Waals surface area contributed by atoms with E-state index in [1.165, 1.54) is 0 Å². The molecule has 0 unspecified atom stereocenters. The molecule has 0 radical (unpaired) electrons. The summed E-state index contributed by atoms with van der Waals surface area (Å²) < 4.78 is 0. The molecule has 0 bridgehead atoms. The fraction of sp³-hybridized carbons (Fsp3) is 0.286. The molecule has 0 saturated carbocycles. The molecular weight excluding hydrogens is 240 g/mol. The highest BCUT2D eigenvalue weighted by atomic mass is 16.1. The van der Waals surface area contributed by atoms with Crippen molar-refractivity contribution in [3.05, 3.63) is 30.6 Å². The van der Waals surface area contributed by atoms with Crippen molar-refractivity contribution in [3.63, 3.8) is 0 Å². The third-order valence-electron chi connectivity index (χ3n) is 2.89. The van der Waals surface area contributed by atoms with Crippen molar-refractivity contribution < 1.29 is 4.79 Å². The number of anilines is 2. The molecule has 0 atom stereocenters. The van der Waals surface area contributed by atoms with Gasteiger partial charge in [0, 0.05) is 54.1 Å². The van der Waals surface area contributed by atoms with Crippen molar-refractivity contribution >= 4 is 28.1 Å².